The zero-order chi connectivity index (χ0) is 30.0. The molecule has 8 nitrogen and oxygen atoms in total. The minimum absolute atomic E-state index is 0.0364. The maximum Gasteiger partial charge on any atom is 0.416 e. The molecule has 0 fully saturated rings. The third kappa shape index (κ3) is 11.0. The number of aliphatic carboxylic acids is 1. The lowest BCUT2D eigenvalue weighted by atomic mass is 10.1. The summed E-state index contributed by atoms with van der Waals surface area (Å²) in [6.45, 7) is 9.03. The largest absolute Gasteiger partial charge is 0.480 e. The standard InChI is InChI=1S/C30H41F3N4O4/c1-29(2,3)41-20-19-37(17-5-4-8-24-14-11-21-7-6-16-34-26(21)35-24)18-15-25(28(39)40)36-27(38)22-9-12-23(13-10-22)30(31,32)33/h9-14,25H,4-8,15-20H2,1-3H3,(H,34,35)(H,36,38)(H,39,40). The van der Waals surface area contributed by atoms with E-state index in [4.69, 9.17) is 9.72 Å². The molecule has 1 atom stereocenters. The molecule has 1 aliphatic rings. The van der Waals surface area contributed by atoms with Crippen LogP contribution >= 0.6 is 0 Å². The third-order valence-corrected chi connectivity index (χ3v) is 6.86. The summed E-state index contributed by atoms with van der Waals surface area (Å²) in [6, 6.07) is 6.72. The average molecular weight is 579 g/mol. The summed E-state index contributed by atoms with van der Waals surface area (Å²) in [5, 5.41) is 15.5. The lowest BCUT2D eigenvalue weighted by molar-refractivity contribution is -0.139. The number of fused-ring (bicyclic) bond motifs is 1. The van der Waals surface area contributed by atoms with E-state index >= 15 is 0 Å². The third-order valence-electron chi connectivity index (χ3n) is 6.86. The number of amides is 1. The van der Waals surface area contributed by atoms with E-state index in [-0.39, 0.29) is 17.6 Å². The smallest absolute Gasteiger partial charge is 0.416 e. The molecule has 1 aromatic heterocycles. The number of carboxylic acid groups (broad SMARTS) is 1. The molecule has 0 spiro atoms. The fourth-order valence-electron chi connectivity index (χ4n) is 4.59. The van der Waals surface area contributed by atoms with Crippen molar-refractivity contribution in [1.29, 1.82) is 0 Å². The highest BCUT2D eigenvalue weighted by atomic mass is 19.4. The fraction of sp³-hybridized carbons (Fsp3) is 0.567. The SMILES string of the molecule is CC(C)(C)OCCN(CCCCc1ccc2c(n1)NCCC2)CCC(NC(=O)c1ccc(C(F)(F)F)cc1)C(=O)O. The van der Waals surface area contributed by atoms with Crippen molar-refractivity contribution in [3.63, 3.8) is 0 Å². The molecular formula is C30H41F3N4O4. The van der Waals surface area contributed by atoms with Crippen LogP contribution in [0.5, 0.6) is 0 Å². The second kappa shape index (κ2) is 14.6. The molecule has 3 rings (SSSR count). The number of aryl methyl sites for hydroxylation is 2. The predicted molar refractivity (Wildman–Crippen MR) is 151 cm³/mol. The Kier molecular flexibility index (Phi) is 11.5. The molecule has 41 heavy (non-hydrogen) atoms. The van der Waals surface area contributed by atoms with Crippen LogP contribution in [-0.4, -0.2) is 71.3 Å². The number of nitrogens with zero attached hydrogens (tertiary/aromatic N) is 2. The van der Waals surface area contributed by atoms with Gasteiger partial charge in [0, 0.05) is 30.9 Å². The van der Waals surface area contributed by atoms with Gasteiger partial charge in [-0.15, -0.1) is 0 Å². The predicted octanol–water partition coefficient (Wildman–Crippen LogP) is 5.17. The summed E-state index contributed by atoms with van der Waals surface area (Å²) >= 11 is 0. The number of pyridine rings is 1. The lowest BCUT2D eigenvalue weighted by Gasteiger charge is -2.27. The van der Waals surface area contributed by atoms with Gasteiger partial charge in [-0.25, -0.2) is 9.78 Å². The van der Waals surface area contributed by atoms with Crippen LogP contribution < -0.4 is 10.6 Å². The van der Waals surface area contributed by atoms with Crippen LogP contribution in [0.1, 0.15) is 73.6 Å². The number of carboxylic acids is 1. The van der Waals surface area contributed by atoms with Gasteiger partial charge in [0.1, 0.15) is 11.9 Å². The van der Waals surface area contributed by atoms with E-state index in [0.29, 0.717) is 19.7 Å². The van der Waals surface area contributed by atoms with Crippen LogP contribution in [0, 0.1) is 0 Å². The highest BCUT2D eigenvalue weighted by Crippen LogP contribution is 2.29. The molecular weight excluding hydrogens is 537 g/mol. The molecule has 0 bridgehead atoms. The first-order valence-electron chi connectivity index (χ1n) is 14.1. The Labute approximate surface area is 239 Å². The minimum atomic E-state index is -4.52. The van der Waals surface area contributed by atoms with Gasteiger partial charge in [0.25, 0.3) is 5.91 Å². The molecule has 0 aliphatic carbocycles. The number of nitrogens with one attached hydrogen (secondary N) is 2. The van der Waals surface area contributed by atoms with Crippen molar-refractivity contribution in [1.82, 2.24) is 15.2 Å². The summed E-state index contributed by atoms with van der Waals surface area (Å²) in [5.41, 5.74) is 1.07. The number of benzene rings is 1. The molecule has 0 radical (unpaired) electrons. The Bertz CT molecular complexity index is 1150. The molecule has 0 saturated carbocycles. The number of hydrogen-bond acceptors (Lipinski definition) is 6. The molecule has 226 valence electrons. The van der Waals surface area contributed by atoms with Gasteiger partial charge >= 0.3 is 12.1 Å². The van der Waals surface area contributed by atoms with Gasteiger partial charge in [0.05, 0.1) is 17.8 Å². The highest BCUT2D eigenvalue weighted by molar-refractivity contribution is 5.96. The number of carbonyl (C=O) groups is 2. The molecule has 1 amide bonds. The van der Waals surface area contributed by atoms with Gasteiger partial charge in [-0.3, -0.25) is 4.79 Å². The molecule has 0 saturated heterocycles. The lowest BCUT2D eigenvalue weighted by Crippen LogP contribution is -2.43. The Morgan fingerprint density at radius 1 is 1.07 bits per heavy atom. The van der Waals surface area contributed by atoms with Gasteiger partial charge in [0.15, 0.2) is 0 Å². The van der Waals surface area contributed by atoms with Crippen LogP contribution in [0.3, 0.4) is 0 Å². The van der Waals surface area contributed by atoms with Gasteiger partial charge < -0.3 is 25.4 Å². The van der Waals surface area contributed by atoms with E-state index in [0.717, 1.165) is 81.0 Å². The number of unbranched alkanes of at least 4 members (excludes halogenated alkanes) is 1. The zero-order valence-corrected chi connectivity index (χ0v) is 24.0. The Hall–Kier alpha value is -3.18. The summed E-state index contributed by atoms with van der Waals surface area (Å²) in [4.78, 5) is 31.4. The van der Waals surface area contributed by atoms with Crippen molar-refractivity contribution >= 4 is 17.7 Å². The number of halogens is 3. The highest BCUT2D eigenvalue weighted by Gasteiger charge is 2.30. The topological polar surface area (TPSA) is 104 Å². The molecule has 11 heteroatoms. The average Bonchev–Trinajstić information content (AvgIpc) is 2.91. The van der Waals surface area contributed by atoms with Gasteiger partial charge in [0.2, 0.25) is 0 Å². The molecule has 1 unspecified atom stereocenters. The van der Waals surface area contributed by atoms with E-state index in [2.05, 4.69) is 27.7 Å². The summed E-state index contributed by atoms with van der Waals surface area (Å²) in [7, 11) is 0. The summed E-state index contributed by atoms with van der Waals surface area (Å²) in [5.74, 6) is -0.961. The van der Waals surface area contributed by atoms with Crippen molar-refractivity contribution in [2.75, 3.05) is 38.1 Å². The van der Waals surface area contributed by atoms with Crippen molar-refractivity contribution in [3.05, 3.63) is 58.8 Å². The molecule has 2 heterocycles. The van der Waals surface area contributed by atoms with Gasteiger partial charge in [-0.1, -0.05) is 6.07 Å². The van der Waals surface area contributed by atoms with Crippen LogP contribution in [0.15, 0.2) is 36.4 Å². The first kappa shape index (κ1) is 32.3. The van der Waals surface area contributed by atoms with E-state index in [9.17, 15) is 27.9 Å². The molecule has 3 N–H and O–H groups in total. The number of ether oxygens (including phenoxy) is 1. The molecule has 1 aliphatic heterocycles. The van der Waals surface area contributed by atoms with Crippen molar-refractivity contribution < 1.29 is 32.6 Å². The summed E-state index contributed by atoms with van der Waals surface area (Å²) in [6.07, 6.45) is 0.394. The van der Waals surface area contributed by atoms with Crippen LogP contribution in [0.25, 0.3) is 0 Å². The van der Waals surface area contributed by atoms with Gasteiger partial charge in [-0.2, -0.15) is 13.2 Å². The quantitative estimate of drug-likeness (QED) is 0.266. The van der Waals surface area contributed by atoms with Crippen LogP contribution in [0.2, 0.25) is 0 Å². The Balaban J connectivity index is 1.54. The first-order chi connectivity index (χ1) is 19.3. The Morgan fingerprint density at radius 2 is 1.80 bits per heavy atom. The van der Waals surface area contributed by atoms with Crippen LogP contribution in [-0.2, 0) is 28.5 Å². The molecule has 1 aromatic carbocycles. The first-order valence-corrected chi connectivity index (χ1v) is 14.1. The van der Waals surface area contributed by atoms with E-state index in [1.165, 1.54) is 5.56 Å². The van der Waals surface area contributed by atoms with Crippen LogP contribution in [0.4, 0.5) is 19.0 Å². The zero-order valence-electron chi connectivity index (χ0n) is 24.0. The number of hydrogen-bond donors (Lipinski definition) is 3. The van der Waals surface area contributed by atoms with E-state index in [1.54, 1.807) is 0 Å². The van der Waals surface area contributed by atoms with E-state index < -0.39 is 29.7 Å². The van der Waals surface area contributed by atoms with Crippen molar-refractivity contribution in [2.45, 2.75) is 77.1 Å². The maximum absolute atomic E-state index is 12.8. The fourth-order valence-corrected chi connectivity index (χ4v) is 4.59. The monoisotopic (exact) mass is 578 g/mol. The normalized spacial score (nSPS) is 14.3. The number of anilines is 1. The minimum Gasteiger partial charge on any atom is -0.480 e. The Morgan fingerprint density at radius 3 is 2.46 bits per heavy atom. The number of rotatable bonds is 14. The van der Waals surface area contributed by atoms with Crippen molar-refractivity contribution in [2.24, 2.45) is 0 Å². The number of alkyl halides is 3. The second-order valence-corrected chi connectivity index (χ2v) is 11.3. The summed E-state index contributed by atoms with van der Waals surface area (Å²) < 4.78 is 44.4. The van der Waals surface area contributed by atoms with Crippen molar-refractivity contribution in [3.8, 4) is 0 Å². The van der Waals surface area contributed by atoms with E-state index in [1.807, 2.05) is 20.8 Å². The maximum atomic E-state index is 12.8. The number of carbonyl (C=O) groups excluding carboxylic acids is 1. The second-order valence-electron chi connectivity index (χ2n) is 11.3. The molecule has 2 aromatic rings. The van der Waals surface area contributed by atoms with Gasteiger partial charge in [-0.05, 0) is 102 Å². The number of aromatic nitrogens is 1.